The van der Waals surface area contributed by atoms with E-state index in [1.807, 2.05) is 0 Å². The molecule has 4 rings (SSSR count). The molecule has 0 saturated heterocycles. The Hall–Kier alpha value is -0.930. The van der Waals surface area contributed by atoms with Crippen LogP contribution < -0.4 is 10.6 Å². The summed E-state index contributed by atoms with van der Waals surface area (Å²) in [5, 5.41) is 6.40. The van der Waals surface area contributed by atoms with Crippen molar-refractivity contribution in [3.63, 3.8) is 0 Å². The maximum Gasteiger partial charge on any atom is 0.253 e. The molecular formula is C21H15Br2Cl3F2N2O2. The fraction of sp³-hybridized carbons (Fsp3) is 0.333. The van der Waals surface area contributed by atoms with Crippen molar-refractivity contribution in [2.24, 2.45) is 5.92 Å². The maximum absolute atomic E-state index is 13.0. The zero-order chi connectivity index (χ0) is 23.4. The molecule has 0 bridgehead atoms. The van der Waals surface area contributed by atoms with Crippen LogP contribution in [0.25, 0.3) is 0 Å². The van der Waals surface area contributed by atoms with Gasteiger partial charge in [-0.15, -0.1) is 0 Å². The van der Waals surface area contributed by atoms with Gasteiger partial charge < -0.3 is 10.6 Å². The Kier molecular flexibility index (Phi) is 6.57. The number of amides is 2. The standard InChI is InChI=1S/C21H15Br2Cl3F2N2O2/c22-21(23)16(9-3-10(24)5-11(25)4-9)17(21)19(32)29-12-1-2-15(26)14(6-12)18(31)30-13-7-20(27,28)8-13/h1-6,13,16-17H,7-8H2,(H,29,32)(H,30,31)/t16-,17+/m1/s1. The minimum Gasteiger partial charge on any atom is -0.349 e. The first-order chi connectivity index (χ1) is 14.9. The molecule has 0 heterocycles. The fourth-order valence-electron chi connectivity index (χ4n) is 3.85. The molecular weight excluding hydrogens is 616 g/mol. The van der Waals surface area contributed by atoms with Crippen molar-refractivity contribution < 1.29 is 18.4 Å². The van der Waals surface area contributed by atoms with Crippen molar-refractivity contribution in [2.75, 3.05) is 5.32 Å². The van der Waals surface area contributed by atoms with E-state index in [9.17, 15) is 18.4 Å². The molecule has 0 aliphatic heterocycles. The summed E-state index contributed by atoms with van der Waals surface area (Å²) in [4.78, 5) is 25.4. The van der Waals surface area contributed by atoms with E-state index >= 15 is 0 Å². The summed E-state index contributed by atoms with van der Waals surface area (Å²) >= 11 is 25.4. The maximum atomic E-state index is 13.0. The second kappa shape index (κ2) is 8.69. The van der Waals surface area contributed by atoms with Gasteiger partial charge in [-0.05, 0) is 42.0 Å². The van der Waals surface area contributed by atoms with Crippen LogP contribution in [0.1, 0.15) is 34.7 Å². The van der Waals surface area contributed by atoms with Crippen LogP contribution in [0.2, 0.25) is 15.1 Å². The summed E-state index contributed by atoms with van der Waals surface area (Å²) in [5.41, 5.74) is 1.25. The number of nitrogens with one attached hydrogen (secondary N) is 2. The van der Waals surface area contributed by atoms with Gasteiger partial charge in [-0.1, -0.05) is 66.7 Å². The van der Waals surface area contributed by atoms with Gasteiger partial charge in [-0.3, -0.25) is 9.59 Å². The highest BCUT2D eigenvalue weighted by atomic mass is 79.9. The van der Waals surface area contributed by atoms with Crippen LogP contribution >= 0.6 is 66.7 Å². The number of alkyl halides is 4. The van der Waals surface area contributed by atoms with Crippen LogP contribution in [0.15, 0.2) is 36.4 Å². The van der Waals surface area contributed by atoms with E-state index in [4.69, 9.17) is 34.8 Å². The van der Waals surface area contributed by atoms with Crippen LogP contribution in [-0.2, 0) is 4.79 Å². The smallest absolute Gasteiger partial charge is 0.253 e. The minimum atomic E-state index is -2.75. The lowest BCUT2D eigenvalue weighted by atomic mass is 9.88. The first-order valence-electron chi connectivity index (χ1n) is 9.50. The van der Waals surface area contributed by atoms with Crippen LogP contribution in [0.4, 0.5) is 14.5 Å². The molecule has 170 valence electrons. The predicted molar refractivity (Wildman–Crippen MR) is 129 cm³/mol. The lowest BCUT2D eigenvalue weighted by molar-refractivity contribution is -0.117. The normalized spacial score (nSPS) is 23.2. The number of anilines is 1. The summed E-state index contributed by atoms with van der Waals surface area (Å²) in [6.07, 6.45) is -0.802. The molecule has 0 aromatic heterocycles. The van der Waals surface area contributed by atoms with Gasteiger partial charge in [0.25, 0.3) is 11.8 Å². The number of hydrogen-bond donors (Lipinski definition) is 2. The predicted octanol–water partition coefficient (Wildman–Crippen LogP) is 7.01. The van der Waals surface area contributed by atoms with Crippen molar-refractivity contribution in [3.8, 4) is 0 Å². The second-order valence-corrected chi connectivity index (χ2v) is 12.9. The average molecular weight is 632 g/mol. The van der Waals surface area contributed by atoms with Gasteiger partial charge in [0, 0.05) is 40.5 Å². The topological polar surface area (TPSA) is 58.2 Å². The first-order valence-corrected chi connectivity index (χ1v) is 12.2. The van der Waals surface area contributed by atoms with Gasteiger partial charge in [0.05, 0.1) is 16.5 Å². The molecule has 2 aromatic rings. The summed E-state index contributed by atoms with van der Waals surface area (Å²) in [6, 6.07) is 8.95. The number of halogens is 7. The van der Waals surface area contributed by atoms with Crippen molar-refractivity contribution in [1.29, 1.82) is 0 Å². The van der Waals surface area contributed by atoms with Crippen molar-refractivity contribution in [2.45, 2.75) is 34.0 Å². The largest absolute Gasteiger partial charge is 0.349 e. The number of benzene rings is 2. The third-order valence-electron chi connectivity index (χ3n) is 5.48. The lowest BCUT2D eigenvalue weighted by Gasteiger charge is -2.35. The molecule has 2 saturated carbocycles. The third kappa shape index (κ3) is 4.94. The Morgan fingerprint density at radius 1 is 1.00 bits per heavy atom. The zero-order valence-electron chi connectivity index (χ0n) is 16.1. The van der Waals surface area contributed by atoms with Crippen LogP contribution in [0, 0.1) is 5.92 Å². The monoisotopic (exact) mass is 628 g/mol. The van der Waals surface area contributed by atoms with Gasteiger partial charge in [0.2, 0.25) is 5.91 Å². The molecule has 0 unspecified atom stereocenters. The Morgan fingerprint density at radius 2 is 1.62 bits per heavy atom. The molecule has 11 heteroatoms. The second-order valence-electron chi connectivity index (χ2n) is 7.95. The zero-order valence-corrected chi connectivity index (χ0v) is 21.5. The fourth-order valence-corrected chi connectivity index (χ4v) is 6.33. The molecule has 32 heavy (non-hydrogen) atoms. The van der Waals surface area contributed by atoms with E-state index in [1.165, 1.54) is 12.1 Å². The van der Waals surface area contributed by atoms with Gasteiger partial charge in [-0.25, -0.2) is 8.78 Å². The van der Waals surface area contributed by atoms with Crippen molar-refractivity contribution >= 4 is 84.2 Å². The average Bonchev–Trinajstić information content (AvgIpc) is 3.23. The quantitative estimate of drug-likeness (QED) is 0.349. The summed E-state index contributed by atoms with van der Waals surface area (Å²) in [6.45, 7) is 0. The van der Waals surface area contributed by atoms with Crippen LogP contribution in [0.3, 0.4) is 0 Å². The van der Waals surface area contributed by atoms with Gasteiger partial charge in [0.1, 0.15) is 3.23 Å². The molecule has 2 aliphatic rings. The van der Waals surface area contributed by atoms with E-state index in [0.717, 1.165) is 5.56 Å². The van der Waals surface area contributed by atoms with Crippen molar-refractivity contribution in [3.05, 3.63) is 62.6 Å². The molecule has 2 aromatic carbocycles. The molecule has 0 spiro atoms. The summed E-state index contributed by atoms with van der Waals surface area (Å²) in [5.74, 6) is -4.33. The van der Waals surface area contributed by atoms with E-state index in [0.29, 0.717) is 15.7 Å². The number of carbonyl (C=O) groups excluding carboxylic acids is 2. The summed E-state index contributed by atoms with van der Waals surface area (Å²) in [7, 11) is 0. The van der Waals surface area contributed by atoms with Gasteiger partial charge in [-0.2, -0.15) is 0 Å². The van der Waals surface area contributed by atoms with E-state index in [2.05, 4.69) is 42.5 Å². The van der Waals surface area contributed by atoms with Gasteiger partial charge >= 0.3 is 0 Å². The highest BCUT2D eigenvalue weighted by Crippen LogP contribution is 2.67. The number of carbonyl (C=O) groups is 2. The Bertz CT molecular complexity index is 1090. The van der Waals surface area contributed by atoms with Crippen molar-refractivity contribution in [1.82, 2.24) is 5.32 Å². The molecule has 2 atom stereocenters. The third-order valence-corrected chi connectivity index (χ3v) is 8.22. The lowest BCUT2D eigenvalue weighted by Crippen LogP contribution is -2.50. The van der Waals surface area contributed by atoms with E-state index < -0.39 is 39.9 Å². The molecule has 2 amide bonds. The van der Waals surface area contributed by atoms with Crippen LogP contribution in [-0.4, -0.2) is 27.0 Å². The molecule has 2 fully saturated rings. The molecule has 2 aliphatic carbocycles. The Balaban J connectivity index is 1.46. The molecule has 2 N–H and O–H groups in total. The Morgan fingerprint density at radius 3 is 2.22 bits per heavy atom. The van der Waals surface area contributed by atoms with Gasteiger partial charge in [0.15, 0.2) is 0 Å². The number of rotatable bonds is 5. The minimum absolute atomic E-state index is 0.0950. The molecule has 4 nitrogen and oxygen atoms in total. The number of hydrogen-bond acceptors (Lipinski definition) is 2. The Labute approximate surface area is 214 Å². The first kappa shape index (κ1) is 24.2. The SMILES string of the molecule is O=C(NC1CC(F)(F)C1)c1cc(NC(=O)[C@@H]2[C@@H](c3cc(Cl)cc(Cl)c3)C2(Br)Br)ccc1Cl. The van der Waals surface area contributed by atoms with Crippen LogP contribution in [0.5, 0.6) is 0 Å². The molecule has 0 radical (unpaired) electrons. The highest BCUT2D eigenvalue weighted by Gasteiger charge is 2.66. The van der Waals surface area contributed by atoms with E-state index in [-0.39, 0.29) is 22.4 Å². The summed E-state index contributed by atoms with van der Waals surface area (Å²) < 4.78 is 25.4. The highest BCUT2D eigenvalue weighted by molar-refractivity contribution is 9.25. The van der Waals surface area contributed by atoms with E-state index in [1.54, 1.807) is 24.3 Å².